The van der Waals surface area contributed by atoms with Crippen LogP contribution < -0.4 is 16.0 Å². The van der Waals surface area contributed by atoms with Crippen LogP contribution in [-0.4, -0.2) is 54.6 Å². The van der Waals surface area contributed by atoms with Crippen molar-refractivity contribution in [3.05, 3.63) is 48.3 Å². The molecule has 1 unspecified atom stereocenters. The minimum Gasteiger partial charge on any atom is -0.450 e. The molecule has 0 aliphatic carbocycles. The van der Waals surface area contributed by atoms with Gasteiger partial charge < -0.3 is 20.7 Å². The average molecular weight is 415 g/mol. The lowest BCUT2D eigenvalue weighted by atomic mass is 10.0. The van der Waals surface area contributed by atoms with E-state index in [0.29, 0.717) is 25.0 Å². The topological polar surface area (TPSA) is 92.6 Å². The summed E-state index contributed by atoms with van der Waals surface area (Å²) in [5, 5.41) is 13.8. The van der Waals surface area contributed by atoms with E-state index in [-0.39, 0.29) is 12.1 Å². The van der Waals surface area contributed by atoms with E-state index in [1.165, 1.54) is 5.56 Å². The van der Waals surface area contributed by atoms with Gasteiger partial charge in [-0.25, -0.2) is 9.48 Å². The molecule has 8 heteroatoms. The summed E-state index contributed by atoms with van der Waals surface area (Å²) in [5.41, 5.74) is 2.27. The molecule has 0 saturated carbocycles. The van der Waals surface area contributed by atoms with Crippen molar-refractivity contribution in [1.29, 1.82) is 0 Å². The number of carbonyl (C=O) groups is 1. The SMILES string of the molecule is CCOC(=O)NC(CNC(=NC)NCCc1ccc(-n2cccn2)cc1)CC(C)C. The van der Waals surface area contributed by atoms with Crippen molar-refractivity contribution in [2.45, 2.75) is 39.7 Å². The van der Waals surface area contributed by atoms with Crippen molar-refractivity contribution in [3.63, 3.8) is 0 Å². The number of aromatic nitrogens is 2. The number of rotatable bonds is 10. The second kappa shape index (κ2) is 12.5. The lowest BCUT2D eigenvalue weighted by Gasteiger charge is -2.22. The van der Waals surface area contributed by atoms with Gasteiger partial charge in [-0.15, -0.1) is 0 Å². The summed E-state index contributed by atoms with van der Waals surface area (Å²) in [6.07, 6.45) is 5.04. The van der Waals surface area contributed by atoms with E-state index in [9.17, 15) is 4.79 Å². The van der Waals surface area contributed by atoms with E-state index in [1.807, 2.05) is 16.9 Å². The second-order valence-corrected chi connectivity index (χ2v) is 7.44. The average Bonchev–Trinajstić information content (AvgIpc) is 3.25. The number of carbonyl (C=O) groups excluding carboxylic acids is 1. The van der Waals surface area contributed by atoms with Gasteiger partial charge in [0.15, 0.2) is 5.96 Å². The minimum atomic E-state index is -0.383. The molecule has 0 fully saturated rings. The number of nitrogens with zero attached hydrogens (tertiary/aromatic N) is 3. The Kier molecular flexibility index (Phi) is 9.70. The largest absolute Gasteiger partial charge is 0.450 e. The summed E-state index contributed by atoms with van der Waals surface area (Å²) < 4.78 is 6.84. The third kappa shape index (κ3) is 8.14. The van der Waals surface area contributed by atoms with Gasteiger partial charge >= 0.3 is 6.09 Å². The summed E-state index contributed by atoms with van der Waals surface area (Å²) in [6.45, 7) is 7.75. The Balaban J connectivity index is 1.78. The number of ether oxygens (including phenoxy) is 1. The van der Waals surface area contributed by atoms with Crippen LogP contribution in [0.4, 0.5) is 4.79 Å². The van der Waals surface area contributed by atoms with Crippen LogP contribution in [-0.2, 0) is 11.2 Å². The highest BCUT2D eigenvalue weighted by Gasteiger charge is 2.15. The number of alkyl carbamates (subject to hydrolysis) is 1. The minimum absolute atomic E-state index is 0.0301. The zero-order valence-corrected chi connectivity index (χ0v) is 18.4. The molecule has 1 heterocycles. The summed E-state index contributed by atoms with van der Waals surface area (Å²) in [7, 11) is 1.74. The van der Waals surface area contributed by atoms with E-state index in [1.54, 1.807) is 20.2 Å². The molecule has 0 bridgehead atoms. The number of aliphatic imine (C=N–C) groups is 1. The number of amides is 1. The highest BCUT2D eigenvalue weighted by atomic mass is 16.5. The van der Waals surface area contributed by atoms with Crippen LogP contribution in [0.5, 0.6) is 0 Å². The molecule has 0 spiro atoms. The molecule has 1 amide bonds. The van der Waals surface area contributed by atoms with Crippen LogP contribution >= 0.6 is 0 Å². The third-order valence-electron chi connectivity index (χ3n) is 4.50. The fraction of sp³-hybridized carbons (Fsp3) is 0.500. The van der Waals surface area contributed by atoms with Gasteiger partial charge in [-0.2, -0.15) is 5.10 Å². The van der Waals surface area contributed by atoms with Crippen LogP contribution in [0, 0.1) is 5.92 Å². The lowest BCUT2D eigenvalue weighted by Crippen LogP contribution is -2.48. The summed E-state index contributed by atoms with van der Waals surface area (Å²) in [6, 6.07) is 10.2. The Morgan fingerprint density at radius 2 is 2.00 bits per heavy atom. The molecule has 30 heavy (non-hydrogen) atoms. The maximum atomic E-state index is 11.8. The molecular formula is C22H34N6O2. The first-order valence-corrected chi connectivity index (χ1v) is 10.5. The normalized spacial score (nSPS) is 12.5. The molecule has 3 N–H and O–H groups in total. The van der Waals surface area contributed by atoms with Crippen molar-refractivity contribution >= 4 is 12.1 Å². The first-order chi connectivity index (χ1) is 14.5. The first kappa shape index (κ1) is 23.3. The Hall–Kier alpha value is -3.03. The molecule has 1 aromatic heterocycles. The fourth-order valence-corrected chi connectivity index (χ4v) is 3.10. The first-order valence-electron chi connectivity index (χ1n) is 10.5. The van der Waals surface area contributed by atoms with Gasteiger partial charge in [-0.05, 0) is 49.4 Å². The third-order valence-corrected chi connectivity index (χ3v) is 4.50. The van der Waals surface area contributed by atoms with Crippen molar-refractivity contribution in [2.24, 2.45) is 10.9 Å². The van der Waals surface area contributed by atoms with Crippen LogP contribution in [0.15, 0.2) is 47.7 Å². The fourth-order valence-electron chi connectivity index (χ4n) is 3.10. The number of hydrogen-bond donors (Lipinski definition) is 3. The van der Waals surface area contributed by atoms with Crippen LogP contribution in [0.1, 0.15) is 32.8 Å². The van der Waals surface area contributed by atoms with Gasteiger partial charge in [-0.1, -0.05) is 26.0 Å². The Morgan fingerprint density at radius 1 is 1.23 bits per heavy atom. The predicted octanol–water partition coefficient (Wildman–Crippen LogP) is 2.74. The van der Waals surface area contributed by atoms with Crippen LogP contribution in [0.2, 0.25) is 0 Å². The Labute approximate surface area is 179 Å². The van der Waals surface area contributed by atoms with Gasteiger partial charge in [0.1, 0.15) is 0 Å². The van der Waals surface area contributed by atoms with Gasteiger partial charge in [0.2, 0.25) is 0 Å². The number of hydrogen-bond acceptors (Lipinski definition) is 4. The van der Waals surface area contributed by atoms with Gasteiger partial charge in [0.05, 0.1) is 12.3 Å². The highest BCUT2D eigenvalue weighted by Crippen LogP contribution is 2.09. The van der Waals surface area contributed by atoms with E-state index >= 15 is 0 Å². The lowest BCUT2D eigenvalue weighted by molar-refractivity contribution is 0.146. The number of nitrogens with one attached hydrogen (secondary N) is 3. The van der Waals surface area contributed by atoms with E-state index in [2.05, 4.69) is 64.2 Å². The molecule has 0 aliphatic heterocycles. The van der Waals surface area contributed by atoms with E-state index < -0.39 is 0 Å². The van der Waals surface area contributed by atoms with Crippen LogP contribution in [0.25, 0.3) is 5.69 Å². The molecular weight excluding hydrogens is 380 g/mol. The summed E-state index contributed by atoms with van der Waals surface area (Å²) in [5.74, 6) is 1.17. The van der Waals surface area contributed by atoms with Crippen LogP contribution in [0.3, 0.4) is 0 Å². The monoisotopic (exact) mass is 414 g/mol. The molecule has 164 valence electrons. The molecule has 0 aliphatic rings. The molecule has 2 rings (SSSR count). The molecule has 8 nitrogen and oxygen atoms in total. The number of benzene rings is 1. The zero-order valence-electron chi connectivity index (χ0n) is 18.4. The molecule has 2 aromatic rings. The van der Waals surface area contributed by atoms with Crippen molar-refractivity contribution < 1.29 is 9.53 Å². The summed E-state index contributed by atoms with van der Waals surface area (Å²) in [4.78, 5) is 16.0. The smallest absolute Gasteiger partial charge is 0.407 e. The van der Waals surface area contributed by atoms with E-state index in [4.69, 9.17) is 4.74 Å². The summed E-state index contributed by atoms with van der Waals surface area (Å²) >= 11 is 0. The van der Waals surface area contributed by atoms with E-state index in [0.717, 1.165) is 25.1 Å². The van der Waals surface area contributed by atoms with Crippen molar-refractivity contribution in [2.75, 3.05) is 26.7 Å². The zero-order chi connectivity index (χ0) is 21.8. The molecule has 1 aromatic carbocycles. The molecule has 0 saturated heterocycles. The Morgan fingerprint density at radius 3 is 2.60 bits per heavy atom. The Bertz CT molecular complexity index is 771. The molecule has 0 radical (unpaired) electrons. The molecule has 1 atom stereocenters. The second-order valence-electron chi connectivity index (χ2n) is 7.44. The van der Waals surface area contributed by atoms with Gasteiger partial charge in [0, 0.05) is 38.6 Å². The van der Waals surface area contributed by atoms with Crippen molar-refractivity contribution in [1.82, 2.24) is 25.7 Å². The van der Waals surface area contributed by atoms with Gasteiger partial charge in [-0.3, -0.25) is 4.99 Å². The predicted molar refractivity (Wildman–Crippen MR) is 120 cm³/mol. The quantitative estimate of drug-likeness (QED) is 0.411. The highest BCUT2D eigenvalue weighted by molar-refractivity contribution is 5.79. The van der Waals surface area contributed by atoms with Gasteiger partial charge in [0.25, 0.3) is 0 Å². The standard InChI is InChI=1S/C22H34N6O2/c1-5-30-22(29)27-19(15-17(2)3)16-25-21(23-4)24-13-11-18-7-9-20(10-8-18)28-14-6-12-26-28/h6-10,12,14,17,19H,5,11,13,15-16H2,1-4H3,(H,27,29)(H2,23,24,25). The maximum absolute atomic E-state index is 11.8. The maximum Gasteiger partial charge on any atom is 0.407 e. The van der Waals surface area contributed by atoms with Crippen molar-refractivity contribution in [3.8, 4) is 5.69 Å². The number of guanidine groups is 1.